The molecule has 0 saturated carbocycles. The third-order valence-electron chi connectivity index (χ3n) is 5.51. The third-order valence-corrected chi connectivity index (χ3v) is 5.51. The van der Waals surface area contributed by atoms with E-state index in [0.29, 0.717) is 0 Å². The smallest absolute Gasteiger partial charge is 0.0209 e. The largest absolute Gasteiger partial charge is 0.0999 e. The van der Waals surface area contributed by atoms with Crippen LogP contribution in [0.5, 0.6) is 0 Å². The quantitative estimate of drug-likeness (QED) is 0.163. The van der Waals surface area contributed by atoms with Gasteiger partial charge in [-0.3, -0.25) is 0 Å². The summed E-state index contributed by atoms with van der Waals surface area (Å²) in [6.07, 6.45) is 25.7. The molecule has 0 spiro atoms. The first-order valence-corrected chi connectivity index (χ1v) is 11.4. The van der Waals surface area contributed by atoms with Crippen LogP contribution in [0.2, 0.25) is 0 Å². The molecule has 0 heterocycles. The fourth-order valence-electron chi connectivity index (χ4n) is 3.69. The Kier molecular flexibility index (Phi) is 18.9. The Bertz CT molecular complexity index is 233. The number of unbranched alkanes of at least 4 members (excludes halogenated alkanes) is 14. The van der Waals surface area contributed by atoms with Gasteiger partial charge in [-0.2, -0.15) is 0 Å². The SMILES string of the molecule is C=C(C)C(CCCCCCCCCC)CCCCCCCCCC. The Hall–Kier alpha value is -0.260. The lowest BCUT2D eigenvalue weighted by Gasteiger charge is -2.17. The van der Waals surface area contributed by atoms with Crippen LogP contribution < -0.4 is 0 Å². The number of hydrogen-bond acceptors (Lipinski definition) is 0. The molecular formula is C24H48. The van der Waals surface area contributed by atoms with Gasteiger partial charge in [0.1, 0.15) is 0 Å². The van der Waals surface area contributed by atoms with Gasteiger partial charge >= 0.3 is 0 Å². The first-order chi connectivity index (χ1) is 11.7. The van der Waals surface area contributed by atoms with Crippen LogP contribution in [0, 0.1) is 5.92 Å². The Morgan fingerprint density at radius 1 is 0.542 bits per heavy atom. The van der Waals surface area contributed by atoms with Gasteiger partial charge in [0.05, 0.1) is 0 Å². The topological polar surface area (TPSA) is 0 Å². The summed E-state index contributed by atoms with van der Waals surface area (Å²) in [5.74, 6) is 0.796. The molecule has 0 aliphatic carbocycles. The second-order valence-electron chi connectivity index (χ2n) is 8.07. The fraction of sp³-hybridized carbons (Fsp3) is 0.917. The van der Waals surface area contributed by atoms with Crippen molar-refractivity contribution in [2.75, 3.05) is 0 Å². The van der Waals surface area contributed by atoms with Crippen molar-refractivity contribution in [2.24, 2.45) is 5.92 Å². The summed E-state index contributed by atoms with van der Waals surface area (Å²) < 4.78 is 0. The summed E-state index contributed by atoms with van der Waals surface area (Å²) in [7, 11) is 0. The molecule has 0 bridgehead atoms. The van der Waals surface area contributed by atoms with Crippen LogP contribution in [0.3, 0.4) is 0 Å². The van der Waals surface area contributed by atoms with E-state index in [2.05, 4.69) is 27.4 Å². The molecule has 0 aromatic carbocycles. The molecule has 0 saturated heterocycles. The molecule has 0 aromatic heterocycles. The lowest BCUT2D eigenvalue weighted by atomic mass is 9.89. The van der Waals surface area contributed by atoms with Gasteiger partial charge in [0.25, 0.3) is 0 Å². The van der Waals surface area contributed by atoms with Crippen molar-refractivity contribution in [3.8, 4) is 0 Å². The highest BCUT2D eigenvalue weighted by Gasteiger charge is 2.09. The van der Waals surface area contributed by atoms with Crippen molar-refractivity contribution in [2.45, 2.75) is 136 Å². The van der Waals surface area contributed by atoms with Crippen molar-refractivity contribution in [1.29, 1.82) is 0 Å². The van der Waals surface area contributed by atoms with E-state index in [1.165, 1.54) is 121 Å². The van der Waals surface area contributed by atoms with E-state index in [-0.39, 0.29) is 0 Å². The summed E-state index contributed by atoms with van der Waals surface area (Å²) >= 11 is 0. The number of allylic oxidation sites excluding steroid dienone is 1. The zero-order valence-corrected chi connectivity index (χ0v) is 17.5. The monoisotopic (exact) mass is 336 g/mol. The molecule has 0 atom stereocenters. The van der Waals surface area contributed by atoms with Crippen molar-refractivity contribution < 1.29 is 0 Å². The summed E-state index contributed by atoms with van der Waals surface area (Å²) in [5, 5.41) is 0. The molecule has 0 nitrogen and oxygen atoms in total. The molecule has 0 aliphatic rings. The van der Waals surface area contributed by atoms with E-state index >= 15 is 0 Å². The van der Waals surface area contributed by atoms with E-state index in [9.17, 15) is 0 Å². The van der Waals surface area contributed by atoms with Gasteiger partial charge in [0, 0.05) is 0 Å². The molecule has 0 radical (unpaired) electrons. The van der Waals surface area contributed by atoms with Crippen molar-refractivity contribution in [3.63, 3.8) is 0 Å². The zero-order valence-electron chi connectivity index (χ0n) is 17.5. The van der Waals surface area contributed by atoms with Crippen LogP contribution >= 0.6 is 0 Å². The van der Waals surface area contributed by atoms with E-state index in [0.717, 1.165) is 5.92 Å². The highest BCUT2D eigenvalue weighted by molar-refractivity contribution is 4.95. The molecule has 0 unspecified atom stereocenters. The summed E-state index contributed by atoms with van der Waals surface area (Å²) in [6, 6.07) is 0. The highest BCUT2D eigenvalue weighted by Crippen LogP contribution is 2.24. The second-order valence-corrected chi connectivity index (χ2v) is 8.07. The van der Waals surface area contributed by atoms with Crippen LogP contribution in [-0.2, 0) is 0 Å². The molecular weight excluding hydrogens is 288 g/mol. The summed E-state index contributed by atoms with van der Waals surface area (Å²) in [4.78, 5) is 0. The first kappa shape index (κ1) is 23.7. The average molecular weight is 337 g/mol. The van der Waals surface area contributed by atoms with E-state index in [1.807, 2.05) is 0 Å². The number of rotatable bonds is 19. The minimum atomic E-state index is 0.796. The van der Waals surface area contributed by atoms with Crippen molar-refractivity contribution >= 4 is 0 Å². The molecule has 0 heteroatoms. The highest BCUT2D eigenvalue weighted by atomic mass is 14.1. The van der Waals surface area contributed by atoms with Crippen LogP contribution in [-0.4, -0.2) is 0 Å². The standard InChI is InChI=1S/C24H48/c1-5-7-9-11-13-15-17-19-21-24(23(3)4)22-20-18-16-14-12-10-8-6-2/h24H,3,5-22H2,1-2,4H3. The van der Waals surface area contributed by atoms with Crippen LogP contribution in [0.4, 0.5) is 0 Å². The van der Waals surface area contributed by atoms with E-state index in [4.69, 9.17) is 0 Å². The van der Waals surface area contributed by atoms with E-state index < -0.39 is 0 Å². The zero-order chi connectivity index (χ0) is 17.9. The minimum Gasteiger partial charge on any atom is -0.0999 e. The molecule has 0 aliphatic heterocycles. The van der Waals surface area contributed by atoms with Crippen molar-refractivity contribution in [1.82, 2.24) is 0 Å². The lowest BCUT2D eigenvalue weighted by Crippen LogP contribution is -2.02. The maximum absolute atomic E-state index is 4.25. The predicted molar refractivity (Wildman–Crippen MR) is 113 cm³/mol. The Balaban J connectivity index is 3.49. The molecule has 144 valence electrons. The third kappa shape index (κ3) is 16.6. The van der Waals surface area contributed by atoms with Gasteiger partial charge in [0.15, 0.2) is 0 Å². The molecule has 0 N–H and O–H groups in total. The predicted octanol–water partition coefficient (Wildman–Crippen LogP) is 9.24. The first-order valence-electron chi connectivity index (χ1n) is 11.4. The van der Waals surface area contributed by atoms with Crippen LogP contribution in [0.25, 0.3) is 0 Å². The van der Waals surface area contributed by atoms with Gasteiger partial charge in [0.2, 0.25) is 0 Å². The number of hydrogen-bond donors (Lipinski definition) is 0. The van der Waals surface area contributed by atoms with E-state index in [1.54, 1.807) is 0 Å². The molecule has 0 rings (SSSR count). The Morgan fingerprint density at radius 3 is 1.12 bits per heavy atom. The van der Waals surface area contributed by atoms with Gasteiger partial charge in [-0.1, -0.05) is 129 Å². The molecule has 0 amide bonds. The average Bonchev–Trinajstić information content (AvgIpc) is 2.57. The van der Waals surface area contributed by atoms with Gasteiger partial charge < -0.3 is 0 Å². The molecule has 24 heavy (non-hydrogen) atoms. The minimum absolute atomic E-state index is 0.796. The van der Waals surface area contributed by atoms with Crippen LogP contribution in [0.1, 0.15) is 136 Å². The molecule has 0 aromatic rings. The fourth-order valence-corrected chi connectivity index (χ4v) is 3.69. The maximum Gasteiger partial charge on any atom is -0.0209 e. The van der Waals surface area contributed by atoms with Gasteiger partial charge in [-0.25, -0.2) is 0 Å². The lowest BCUT2D eigenvalue weighted by molar-refractivity contribution is 0.448. The maximum atomic E-state index is 4.25. The molecule has 0 fully saturated rings. The Morgan fingerprint density at radius 2 is 0.833 bits per heavy atom. The van der Waals surface area contributed by atoms with Crippen molar-refractivity contribution in [3.05, 3.63) is 12.2 Å². The van der Waals surface area contributed by atoms with Gasteiger partial charge in [-0.05, 0) is 25.7 Å². The van der Waals surface area contributed by atoms with Gasteiger partial charge in [-0.15, -0.1) is 0 Å². The normalized spacial score (nSPS) is 11.3. The second kappa shape index (κ2) is 19.1. The summed E-state index contributed by atoms with van der Waals surface area (Å²) in [5.41, 5.74) is 1.43. The van der Waals surface area contributed by atoms with Crippen LogP contribution in [0.15, 0.2) is 12.2 Å². The Labute approximate surface area is 154 Å². The summed E-state index contributed by atoms with van der Waals surface area (Å²) in [6.45, 7) is 11.1.